The van der Waals surface area contributed by atoms with Crippen LogP contribution in [0.5, 0.6) is 0 Å². The largest absolute Gasteiger partial charge is 0.390 e. The summed E-state index contributed by atoms with van der Waals surface area (Å²) in [5.41, 5.74) is 1.83. The van der Waals surface area contributed by atoms with Crippen LogP contribution in [0.1, 0.15) is 74.3 Å². The second-order valence-corrected chi connectivity index (χ2v) is 9.72. The first-order valence-corrected chi connectivity index (χ1v) is 10.3. The summed E-state index contributed by atoms with van der Waals surface area (Å²) in [6.45, 7) is 4.12. The van der Waals surface area contributed by atoms with Crippen LogP contribution in [0.15, 0.2) is 24.3 Å². The zero-order chi connectivity index (χ0) is 20.1. The monoisotopic (exact) mass is 386 g/mol. The van der Waals surface area contributed by atoms with Crippen LogP contribution in [0.2, 0.25) is 0 Å². The first-order chi connectivity index (χ1) is 13.2. The van der Waals surface area contributed by atoms with E-state index in [0.29, 0.717) is 23.8 Å². The fourth-order valence-corrected chi connectivity index (χ4v) is 6.32. The van der Waals surface area contributed by atoms with Gasteiger partial charge in [0.25, 0.3) is 5.91 Å². The van der Waals surface area contributed by atoms with E-state index in [4.69, 9.17) is 5.21 Å². The van der Waals surface area contributed by atoms with E-state index in [9.17, 15) is 14.7 Å². The van der Waals surface area contributed by atoms with Crippen LogP contribution >= 0.6 is 0 Å². The molecule has 4 bridgehead atoms. The van der Waals surface area contributed by atoms with Crippen molar-refractivity contribution in [2.24, 2.45) is 23.2 Å². The summed E-state index contributed by atoms with van der Waals surface area (Å²) in [7, 11) is 0. The van der Waals surface area contributed by atoms with Crippen LogP contribution in [0.25, 0.3) is 0 Å². The van der Waals surface area contributed by atoms with Crippen molar-refractivity contribution in [1.82, 2.24) is 10.8 Å². The van der Waals surface area contributed by atoms with E-state index in [2.05, 4.69) is 19.2 Å². The average molecular weight is 386 g/mol. The van der Waals surface area contributed by atoms with Gasteiger partial charge in [0.2, 0.25) is 5.91 Å². The summed E-state index contributed by atoms with van der Waals surface area (Å²) < 4.78 is 0. The van der Waals surface area contributed by atoms with E-state index >= 15 is 0 Å². The number of amides is 2. The predicted octanol–water partition coefficient (Wildman–Crippen LogP) is 2.95. The van der Waals surface area contributed by atoms with Gasteiger partial charge in [0.15, 0.2) is 0 Å². The van der Waals surface area contributed by atoms with E-state index < -0.39 is 16.9 Å². The van der Waals surface area contributed by atoms with Gasteiger partial charge in [-0.05, 0) is 74.0 Å². The molecule has 4 aliphatic rings. The van der Waals surface area contributed by atoms with Crippen LogP contribution in [0, 0.1) is 23.2 Å². The minimum Gasteiger partial charge on any atom is -0.390 e. The molecular formula is C22H30N2O4. The minimum atomic E-state index is -0.659. The van der Waals surface area contributed by atoms with E-state index in [1.807, 2.05) is 12.1 Å². The maximum absolute atomic E-state index is 13.4. The van der Waals surface area contributed by atoms with Crippen molar-refractivity contribution < 1.29 is 19.9 Å². The molecule has 3 atom stereocenters. The number of carbonyl (C=O) groups is 2. The Morgan fingerprint density at radius 3 is 2.18 bits per heavy atom. The summed E-state index contributed by atoms with van der Waals surface area (Å²) in [4.78, 5) is 25.0. The number of aliphatic hydroxyl groups is 1. The van der Waals surface area contributed by atoms with Crippen LogP contribution in [0.4, 0.5) is 0 Å². The van der Waals surface area contributed by atoms with Crippen molar-refractivity contribution in [3.63, 3.8) is 0 Å². The quantitative estimate of drug-likeness (QED) is 0.462. The Bertz CT molecular complexity index is 759. The van der Waals surface area contributed by atoms with Gasteiger partial charge in [-0.2, -0.15) is 0 Å². The molecule has 0 radical (unpaired) electrons. The van der Waals surface area contributed by atoms with Gasteiger partial charge in [-0.15, -0.1) is 0 Å². The Balaban J connectivity index is 1.54. The normalized spacial score (nSPS) is 34.3. The van der Waals surface area contributed by atoms with Gasteiger partial charge in [-0.1, -0.05) is 26.0 Å². The van der Waals surface area contributed by atoms with Gasteiger partial charge in [0.1, 0.15) is 0 Å². The summed E-state index contributed by atoms with van der Waals surface area (Å²) in [5, 5.41) is 23.0. The van der Waals surface area contributed by atoms with Crippen LogP contribution < -0.4 is 10.8 Å². The van der Waals surface area contributed by atoms with E-state index in [1.54, 1.807) is 17.6 Å². The van der Waals surface area contributed by atoms with Gasteiger partial charge in [-0.3, -0.25) is 14.8 Å². The van der Waals surface area contributed by atoms with Crippen molar-refractivity contribution in [1.29, 1.82) is 0 Å². The molecule has 0 aliphatic heterocycles. The Labute approximate surface area is 165 Å². The lowest BCUT2D eigenvalue weighted by Crippen LogP contribution is -2.60. The molecule has 4 N–H and O–H groups in total. The predicted molar refractivity (Wildman–Crippen MR) is 103 cm³/mol. The third-order valence-corrected chi connectivity index (χ3v) is 7.10. The third-order valence-electron chi connectivity index (χ3n) is 7.10. The van der Waals surface area contributed by atoms with Crippen molar-refractivity contribution in [3.05, 3.63) is 35.4 Å². The van der Waals surface area contributed by atoms with E-state index in [-0.39, 0.29) is 17.9 Å². The summed E-state index contributed by atoms with van der Waals surface area (Å²) in [6.07, 6.45) is 5.20. The van der Waals surface area contributed by atoms with Crippen molar-refractivity contribution in [3.8, 4) is 0 Å². The molecule has 0 aromatic heterocycles. The zero-order valence-corrected chi connectivity index (χ0v) is 16.6. The molecule has 6 nitrogen and oxygen atoms in total. The number of benzene rings is 1. The first-order valence-electron chi connectivity index (χ1n) is 10.3. The van der Waals surface area contributed by atoms with E-state index in [1.165, 1.54) is 0 Å². The number of rotatable bonds is 5. The summed E-state index contributed by atoms with van der Waals surface area (Å²) in [5.74, 6) is 0.615. The highest BCUT2D eigenvalue weighted by molar-refractivity contribution is 5.93. The maximum atomic E-state index is 13.4. The number of hydrogen-bond donors (Lipinski definition) is 4. The molecule has 3 unspecified atom stereocenters. The molecule has 0 heterocycles. The van der Waals surface area contributed by atoms with Crippen LogP contribution in [0.3, 0.4) is 0 Å². The summed E-state index contributed by atoms with van der Waals surface area (Å²) in [6, 6.07) is 6.78. The fourth-order valence-electron chi connectivity index (χ4n) is 6.32. The van der Waals surface area contributed by atoms with Crippen molar-refractivity contribution >= 4 is 11.8 Å². The molecule has 4 saturated carbocycles. The van der Waals surface area contributed by atoms with Gasteiger partial charge in [0, 0.05) is 5.56 Å². The van der Waals surface area contributed by atoms with Crippen LogP contribution in [-0.4, -0.2) is 27.7 Å². The zero-order valence-electron chi connectivity index (χ0n) is 16.6. The van der Waals surface area contributed by atoms with Gasteiger partial charge in [-0.25, -0.2) is 5.48 Å². The van der Waals surface area contributed by atoms with Gasteiger partial charge in [0.05, 0.1) is 17.1 Å². The molecule has 28 heavy (non-hydrogen) atoms. The summed E-state index contributed by atoms with van der Waals surface area (Å²) >= 11 is 0. The lowest BCUT2D eigenvalue weighted by Gasteiger charge is -2.59. The molecule has 0 spiro atoms. The number of nitrogens with one attached hydrogen (secondary N) is 2. The molecular weight excluding hydrogens is 356 g/mol. The Hall–Kier alpha value is -1.92. The topological polar surface area (TPSA) is 98.7 Å². The number of hydrogen-bond acceptors (Lipinski definition) is 4. The molecule has 1 aromatic rings. The molecule has 4 fully saturated rings. The van der Waals surface area contributed by atoms with Crippen LogP contribution in [-0.2, 0) is 4.79 Å². The molecule has 6 heteroatoms. The molecule has 0 saturated heterocycles. The molecule has 1 aromatic carbocycles. The average Bonchev–Trinajstić information content (AvgIpc) is 2.63. The van der Waals surface area contributed by atoms with Crippen molar-refractivity contribution in [2.45, 2.75) is 64.0 Å². The maximum Gasteiger partial charge on any atom is 0.274 e. The van der Waals surface area contributed by atoms with Gasteiger partial charge >= 0.3 is 0 Å². The molecule has 2 amide bonds. The minimum absolute atomic E-state index is 0.0657. The first kappa shape index (κ1) is 19.4. The SMILES string of the molecule is CC(C)C(NC(=O)C12CC3CC(CC(O)(C3)C1)C2)c1ccc(C(=O)NO)cc1. The number of hydroxylamine groups is 1. The highest BCUT2D eigenvalue weighted by Crippen LogP contribution is 2.61. The lowest BCUT2D eigenvalue weighted by molar-refractivity contribution is -0.178. The second kappa shape index (κ2) is 6.85. The molecule has 5 rings (SSSR count). The highest BCUT2D eigenvalue weighted by Gasteiger charge is 2.60. The smallest absolute Gasteiger partial charge is 0.274 e. The third kappa shape index (κ3) is 3.33. The molecule has 152 valence electrons. The van der Waals surface area contributed by atoms with Gasteiger partial charge < -0.3 is 10.4 Å². The number of carbonyl (C=O) groups excluding carboxylic acids is 2. The Morgan fingerprint density at radius 1 is 1.07 bits per heavy atom. The Kier molecular flexibility index (Phi) is 4.74. The lowest BCUT2D eigenvalue weighted by atomic mass is 9.47. The Morgan fingerprint density at radius 2 is 1.68 bits per heavy atom. The standard InChI is InChI=1S/C22H30N2O4/c1-13(2)18(16-3-5-17(6-4-16)19(25)24-28)23-20(26)21-8-14-7-15(9-21)11-22(27,10-14)12-21/h3-6,13-15,18,27-28H,7-12H2,1-2H3,(H,23,26)(H,24,25). The molecule has 4 aliphatic carbocycles. The second-order valence-electron chi connectivity index (χ2n) is 9.72. The van der Waals surface area contributed by atoms with E-state index in [0.717, 1.165) is 37.7 Å². The fraction of sp³-hybridized carbons (Fsp3) is 0.636. The van der Waals surface area contributed by atoms with Crippen molar-refractivity contribution in [2.75, 3.05) is 0 Å². The highest BCUT2D eigenvalue weighted by atomic mass is 16.5.